The Morgan fingerprint density at radius 2 is 1.86 bits per heavy atom. The number of hydrogen-bond donors (Lipinski definition) is 2. The van der Waals surface area contributed by atoms with Crippen LogP contribution in [0.3, 0.4) is 0 Å². The number of phenolic OH excluding ortho intramolecular Hbond substituents is 1. The first kappa shape index (κ1) is 14.2. The van der Waals surface area contributed by atoms with Crippen LogP contribution in [0.4, 0.5) is 0 Å². The zero-order valence-electron chi connectivity index (χ0n) is 12.8. The summed E-state index contributed by atoms with van der Waals surface area (Å²) in [5.74, 6) is 0.444. The first-order valence-electron chi connectivity index (χ1n) is 7.67. The maximum atomic E-state index is 9.93. The van der Waals surface area contributed by atoms with E-state index in [0.29, 0.717) is 11.8 Å². The van der Waals surface area contributed by atoms with Crippen LogP contribution in [0.15, 0.2) is 48.5 Å². The number of nitrogens with one attached hydrogen (secondary N) is 1. The molecule has 2 heteroatoms. The Morgan fingerprint density at radius 1 is 1.10 bits per heavy atom. The molecular weight excluding hydrogens is 258 g/mol. The predicted octanol–water partition coefficient (Wildman–Crippen LogP) is 3.95. The van der Waals surface area contributed by atoms with Crippen LogP contribution in [0.5, 0.6) is 5.75 Å². The number of hydrogen-bond acceptors (Lipinski definition) is 2. The minimum atomic E-state index is 0.0981. The highest BCUT2D eigenvalue weighted by molar-refractivity contribution is 5.44. The van der Waals surface area contributed by atoms with E-state index >= 15 is 0 Å². The van der Waals surface area contributed by atoms with Crippen LogP contribution in [0.25, 0.3) is 0 Å². The number of fused-ring (bicyclic) bond motifs is 1. The molecule has 1 unspecified atom stereocenters. The topological polar surface area (TPSA) is 32.3 Å². The smallest absolute Gasteiger partial charge is 0.119 e. The third kappa shape index (κ3) is 2.81. The molecule has 0 radical (unpaired) electrons. The van der Waals surface area contributed by atoms with Crippen LogP contribution >= 0.6 is 0 Å². The molecule has 0 aromatic heterocycles. The van der Waals surface area contributed by atoms with Gasteiger partial charge in [-0.05, 0) is 35.6 Å². The number of aromatic hydroxyl groups is 1. The second-order valence-corrected chi connectivity index (χ2v) is 6.57. The van der Waals surface area contributed by atoms with E-state index in [1.165, 1.54) is 11.1 Å². The average molecular weight is 281 g/mol. The van der Waals surface area contributed by atoms with Gasteiger partial charge in [0.05, 0.1) is 0 Å². The van der Waals surface area contributed by atoms with Gasteiger partial charge in [-0.1, -0.05) is 56.3 Å². The fourth-order valence-corrected chi connectivity index (χ4v) is 3.22. The molecule has 0 spiro atoms. The van der Waals surface area contributed by atoms with Crippen LogP contribution in [0.2, 0.25) is 0 Å². The summed E-state index contributed by atoms with van der Waals surface area (Å²) in [6.45, 7) is 5.47. The van der Waals surface area contributed by atoms with Gasteiger partial charge >= 0.3 is 0 Å². The molecule has 1 aliphatic carbocycles. The van der Waals surface area contributed by atoms with Crippen molar-refractivity contribution in [2.45, 2.75) is 38.1 Å². The average Bonchev–Trinajstić information content (AvgIpc) is 2.91. The Bertz CT molecular complexity index is 619. The molecule has 110 valence electrons. The number of rotatable bonds is 4. The van der Waals surface area contributed by atoms with Gasteiger partial charge in [-0.25, -0.2) is 0 Å². The molecule has 2 N–H and O–H groups in total. The quantitative estimate of drug-likeness (QED) is 0.889. The van der Waals surface area contributed by atoms with Gasteiger partial charge in [-0.3, -0.25) is 0 Å². The van der Waals surface area contributed by atoms with E-state index in [4.69, 9.17) is 0 Å². The summed E-state index contributed by atoms with van der Waals surface area (Å²) in [7, 11) is 0. The van der Waals surface area contributed by atoms with E-state index < -0.39 is 0 Å². The van der Waals surface area contributed by atoms with Crippen molar-refractivity contribution in [3.05, 3.63) is 65.2 Å². The van der Waals surface area contributed by atoms with Crippen LogP contribution < -0.4 is 5.32 Å². The maximum absolute atomic E-state index is 9.93. The fraction of sp³-hybridized carbons (Fsp3) is 0.368. The summed E-state index contributed by atoms with van der Waals surface area (Å²) in [5.41, 5.74) is 3.83. The van der Waals surface area contributed by atoms with Gasteiger partial charge in [0.1, 0.15) is 5.75 Å². The van der Waals surface area contributed by atoms with Crippen molar-refractivity contribution in [3.63, 3.8) is 0 Å². The van der Waals surface area contributed by atoms with E-state index in [2.05, 4.69) is 55.6 Å². The molecule has 2 aromatic rings. The molecule has 0 saturated heterocycles. The van der Waals surface area contributed by atoms with E-state index in [9.17, 15) is 5.11 Å². The van der Waals surface area contributed by atoms with Gasteiger partial charge < -0.3 is 10.4 Å². The Hall–Kier alpha value is -1.80. The first-order valence-corrected chi connectivity index (χ1v) is 7.67. The Labute approximate surface area is 126 Å². The van der Waals surface area contributed by atoms with Crippen molar-refractivity contribution in [2.24, 2.45) is 0 Å². The second-order valence-electron chi connectivity index (χ2n) is 6.57. The standard InChI is InChI=1S/C19H23NO/c1-19(2,14-7-4-3-5-8-14)13-20-17-12-11-16-15(17)9-6-10-18(16)21/h3-10,17,20-21H,11-13H2,1-2H3. The van der Waals surface area contributed by atoms with Gasteiger partial charge in [-0.15, -0.1) is 0 Å². The van der Waals surface area contributed by atoms with Crippen molar-refractivity contribution in [1.29, 1.82) is 0 Å². The van der Waals surface area contributed by atoms with Gasteiger partial charge in [0.25, 0.3) is 0 Å². The third-order valence-corrected chi connectivity index (χ3v) is 4.59. The van der Waals surface area contributed by atoms with Crippen LogP contribution in [0, 0.1) is 0 Å². The van der Waals surface area contributed by atoms with Crippen LogP contribution in [0.1, 0.15) is 43.0 Å². The van der Waals surface area contributed by atoms with Crippen molar-refractivity contribution in [3.8, 4) is 5.75 Å². The number of phenols is 1. The van der Waals surface area contributed by atoms with E-state index in [1.54, 1.807) is 6.07 Å². The van der Waals surface area contributed by atoms with Gasteiger partial charge in [0.2, 0.25) is 0 Å². The molecule has 21 heavy (non-hydrogen) atoms. The van der Waals surface area contributed by atoms with Crippen molar-refractivity contribution in [1.82, 2.24) is 5.32 Å². The van der Waals surface area contributed by atoms with Gasteiger partial charge in [0, 0.05) is 18.0 Å². The van der Waals surface area contributed by atoms with Crippen molar-refractivity contribution < 1.29 is 5.11 Å². The first-order chi connectivity index (χ1) is 10.1. The second kappa shape index (κ2) is 5.53. The molecule has 0 amide bonds. The lowest BCUT2D eigenvalue weighted by atomic mass is 9.84. The van der Waals surface area contributed by atoms with E-state index in [0.717, 1.165) is 24.9 Å². The molecule has 2 nitrogen and oxygen atoms in total. The largest absolute Gasteiger partial charge is 0.508 e. The van der Waals surface area contributed by atoms with Gasteiger partial charge in [0.15, 0.2) is 0 Å². The molecule has 0 saturated carbocycles. The zero-order valence-corrected chi connectivity index (χ0v) is 12.8. The molecule has 0 aliphatic heterocycles. The van der Waals surface area contributed by atoms with Crippen molar-refractivity contribution >= 4 is 0 Å². The maximum Gasteiger partial charge on any atom is 0.119 e. The fourth-order valence-electron chi connectivity index (χ4n) is 3.22. The highest BCUT2D eigenvalue weighted by atomic mass is 16.3. The molecule has 1 atom stereocenters. The molecule has 0 bridgehead atoms. The third-order valence-electron chi connectivity index (χ3n) is 4.59. The summed E-state index contributed by atoms with van der Waals surface area (Å²) in [4.78, 5) is 0. The lowest BCUT2D eigenvalue weighted by molar-refractivity contribution is 0.421. The molecule has 3 rings (SSSR count). The summed E-state index contributed by atoms with van der Waals surface area (Å²) >= 11 is 0. The molecule has 1 aliphatic rings. The monoisotopic (exact) mass is 281 g/mol. The SMILES string of the molecule is CC(C)(CNC1CCc2c(O)cccc21)c1ccccc1. The lowest BCUT2D eigenvalue weighted by Gasteiger charge is -2.28. The summed E-state index contributed by atoms with van der Waals surface area (Å²) in [6.07, 6.45) is 2.03. The summed E-state index contributed by atoms with van der Waals surface area (Å²) in [6, 6.07) is 16.9. The Kier molecular flexibility index (Phi) is 3.73. The highest BCUT2D eigenvalue weighted by Crippen LogP contribution is 2.36. The summed E-state index contributed by atoms with van der Waals surface area (Å²) in [5, 5.41) is 13.6. The Morgan fingerprint density at radius 3 is 2.62 bits per heavy atom. The normalized spacial score (nSPS) is 17.7. The van der Waals surface area contributed by atoms with E-state index in [1.807, 2.05) is 6.07 Å². The predicted molar refractivity (Wildman–Crippen MR) is 86.6 cm³/mol. The van der Waals surface area contributed by atoms with Crippen LogP contribution in [-0.4, -0.2) is 11.7 Å². The molecule has 0 fully saturated rings. The van der Waals surface area contributed by atoms with Crippen LogP contribution in [-0.2, 0) is 11.8 Å². The summed E-state index contributed by atoms with van der Waals surface area (Å²) < 4.78 is 0. The minimum Gasteiger partial charge on any atom is -0.508 e. The highest BCUT2D eigenvalue weighted by Gasteiger charge is 2.27. The molecule has 0 heterocycles. The Balaban J connectivity index is 1.71. The number of benzene rings is 2. The molecule has 2 aromatic carbocycles. The van der Waals surface area contributed by atoms with Crippen molar-refractivity contribution in [2.75, 3.05) is 6.54 Å². The molecular formula is C19H23NO. The minimum absolute atomic E-state index is 0.0981. The van der Waals surface area contributed by atoms with Gasteiger partial charge in [-0.2, -0.15) is 0 Å². The lowest BCUT2D eigenvalue weighted by Crippen LogP contribution is -2.34. The van der Waals surface area contributed by atoms with E-state index in [-0.39, 0.29) is 5.41 Å². The zero-order chi connectivity index (χ0) is 14.9.